The molecule has 0 spiro atoms. The van der Waals surface area contributed by atoms with Crippen LogP contribution in [0.4, 0.5) is 4.79 Å². The smallest absolute Gasteiger partial charge is 0.328 e. The highest BCUT2D eigenvalue weighted by atomic mass is 127. The molecule has 19 heavy (non-hydrogen) atoms. The highest BCUT2D eigenvalue weighted by molar-refractivity contribution is 14.1. The number of nitrogens with zero attached hydrogens (tertiary/aromatic N) is 1. The van der Waals surface area contributed by atoms with E-state index in [-0.39, 0.29) is 11.9 Å². The number of amides is 3. The molecule has 1 aliphatic heterocycles. The second-order valence-electron chi connectivity index (χ2n) is 3.93. The maximum absolute atomic E-state index is 11.9. The van der Waals surface area contributed by atoms with Crippen molar-refractivity contribution in [3.63, 3.8) is 0 Å². The topological polar surface area (TPSA) is 58.6 Å². The highest BCUT2D eigenvalue weighted by Crippen LogP contribution is 2.23. The van der Waals surface area contributed by atoms with Crippen LogP contribution < -0.4 is 10.1 Å². The molecule has 1 aromatic rings. The van der Waals surface area contributed by atoms with E-state index in [1.807, 2.05) is 18.2 Å². The third kappa shape index (κ3) is 2.73. The summed E-state index contributed by atoms with van der Waals surface area (Å²) in [4.78, 5) is 24.6. The maximum atomic E-state index is 11.9. The number of rotatable bonds is 3. The number of carbonyl (C=O) groups is 2. The predicted molar refractivity (Wildman–Crippen MR) is 79.6 cm³/mol. The summed E-state index contributed by atoms with van der Waals surface area (Å²) in [6.45, 7) is 2.12. The van der Waals surface area contributed by atoms with Gasteiger partial charge >= 0.3 is 6.03 Å². The van der Waals surface area contributed by atoms with Crippen molar-refractivity contribution in [2.24, 2.45) is 0 Å². The first-order valence-electron chi connectivity index (χ1n) is 5.75. The summed E-state index contributed by atoms with van der Waals surface area (Å²) >= 11 is 2.16. The summed E-state index contributed by atoms with van der Waals surface area (Å²) in [6.07, 6.45) is 1.66. The quantitative estimate of drug-likeness (QED) is 0.503. The third-order valence-corrected chi connectivity index (χ3v) is 3.61. The molecule has 2 rings (SSSR count). The molecule has 0 unspecified atom stereocenters. The van der Waals surface area contributed by atoms with E-state index in [0.717, 1.165) is 14.9 Å². The van der Waals surface area contributed by atoms with Crippen LogP contribution in [0.5, 0.6) is 5.75 Å². The molecule has 100 valence electrons. The number of benzene rings is 1. The van der Waals surface area contributed by atoms with Gasteiger partial charge in [-0.3, -0.25) is 9.69 Å². The zero-order valence-electron chi connectivity index (χ0n) is 10.6. The first kappa shape index (κ1) is 13.9. The molecule has 1 saturated heterocycles. The van der Waals surface area contributed by atoms with Gasteiger partial charge in [0.05, 0.1) is 10.7 Å². The molecule has 0 bridgehead atoms. The molecule has 1 fully saturated rings. The van der Waals surface area contributed by atoms with Crippen LogP contribution >= 0.6 is 22.6 Å². The molecule has 0 aromatic heterocycles. The van der Waals surface area contributed by atoms with Crippen molar-refractivity contribution in [3.05, 3.63) is 33.0 Å². The van der Waals surface area contributed by atoms with Gasteiger partial charge in [0, 0.05) is 6.54 Å². The fourth-order valence-electron chi connectivity index (χ4n) is 1.80. The lowest BCUT2D eigenvalue weighted by Gasteiger charge is -2.06. The van der Waals surface area contributed by atoms with Crippen LogP contribution in [0.2, 0.25) is 0 Å². The Morgan fingerprint density at radius 2 is 2.16 bits per heavy atom. The average Bonchev–Trinajstić information content (AvgIpc) is 2.64. The summed E-state index contributed by atoms with van der Waals surface area (Å²) in [5.74, 6) is 0.484. The van der Waals surface area contributed by atoms with E-state index in [4.69, 9.17) is 4.74 Å². The lowest BCUT2D eigenvalue weighted by molar-refractivity contribution is -0.122. The van der Waals surface area contributed by atoms with Crippen LogP contribution in [0.15, 0.2) is 23.9 Å². The van der Waals surface area contributed by atoms with Crippen molar-refractivity contribution in [2.45, 2.75) is 6.92 Å². The molecule has 6 heteroatoms. The minimum Gasteiger partial charge on any atom is -0.496 e. The standard InChI is InChI=1S/C13H13IN2O3/c1-3-16-12(17)10(15-13(16)18)7-8-4-5-11(19-2)9(14)6-8/h4-7H,3H2,1-2H3,(H,15,18)/b10-7+. The number of hydrogen-bond acceptors (Lipinski definition) is 3. The predicted octanol–water partition coefficient (Wildman–Crippen LogP) is 2.21. The highest BCUT2D eigenvalue weighted by Gasteiger charge is 2.31. The Morgan fingerprint density at radius 1 is 1.42 bits per heavy atom. The maximum Gasteiger partial charge on any atom is 0.328 e. The molecule has 1 N–H and O–H groups in total. The molecule has 5 nitrogen and oxygen atoms in total. The lowest BCUT2D eigenvalue weighted by atomic mass is 10.2. The van der Waals surface area contributed by atoms with Gasteiger partial charge in [-0.1, -0.05) is 6.07 Å². The van der Waals surface area contributed by atoms with Crippen LogP contribution in [0.1, 0.15) is 12.5 Å². The SMILES string of the molecule is CCN1C(=O)N/C(=C/c2ccc(OC)c(I)c2)C1=O. The minimum absolute atomic E-state index is 0.293. The number of methoxy groups -OCH3 is 1. The molecule has 1 aliphatic rings. The van der Waals surface area contributed by atoms with E-state index < -0.39 is 0 Å². The van der Waals surface area contributed by atoms with Gasteiger partial charge in [0.15, 0.2) is 0 Å². The first-order valence-corrected chi connectivity index (χ1v) is 6.82. The van der Waals surface area contributed by atoms with Crippen molar-refractivity contribution in [3.8, 4) is 5.75 Å². The van der Waals surface area contributed by atoms with E-state index in [1.165, 1.54) is 4.90 Å². The van der Waals surface area contributed by atoms with Crippen molar-refractivity contribution >= 4 is 40.6 Å². The molecule has 3 amide bonds. The van der Waals surface area contributed by atoms with Gasteiger partial charge in [-0.2, -0.15) is 0 Å². The second-order valence-corrected chi connectivity index (χ2v) is 5.09. The molecule has 0 saturated carbocycles. The zero-order chi connectivity index (χ0) is 14.0. The molecule has 0 aliphatic carbocycles. The van der Waals surface area contributed by atoms with Crippen LogP contribution in [0.25, 0.3) is 6.08 Å². The van der Waals surface area contributed by atoms with Crippen LogP contribution in [-0.2, 0) is 4.79 Å². The number of nitrogens with one attached hydrogen (secondary N) is 1. The van der Waals surface area contributed by atoms with Gasteiger partial charge in [-0.25, -0.2) is 4.79 Å². The lowest BCUT2D eigenvalue weighted by Crippen LogP contribution is -2.30. The van der Waals surface area contributed by atoms with Crippen molar-refractivity contribution in [1.82, 2.24) is 10.2 Å². The monoisotopic (exact) mass is 372 g/mol. The number of carbonyl (C=O) groups excluding carboxylic acids is 2. The van der Waals surface area contributed by atoms with Crippen molar-refractivity contribution in [2.75, 3.05) is 13.7 Å². The average molecular weight is 372 g/mol. The largest absolute Gasteiger partial charge is 0.496 e. The fraction of sp³-hybridized carbons (Fsp3) is 0.231. The molecule has 1 heterocycles. The summed E-state index contributed by atoms with van der Waals surface area (Å²) in [7, 11) is 1.61. The number of hydrogen-bond donors (Lipinski definition) is 1. The van der Waals surface area contributed by atoms with Crippen LogP contribution in [0, 0.1) is 3.57 Å². The second kappa shape index (κ2) is 5.60. The molecule has 1 aromatic carbocycles. The van der Waals surface area contributed by atoms with Crippen molar-refractivity contribution < 1.29 is 14.3 Å². The van der Waals surface area contributed by atoms with Gasteiger partial charge in [0.2, 0.25) is 0 Å². The molecular weight excluding hydrogens is 359 g/mol. The van der Waals surface area contributed by atoms with Crippen LogP contribution in [-0.4, -0.2) is 30.5 Å². The third-order valence-electron chi connectivity index (χ3n) is 2.77. The van der Waals surface area contributed by atoms with Gasteiger partial charge < -0.3 is 10.1 Å². The number of urea groups is 1. The normalized spacial score (nSPS) is 17.0. The van der Waals surface area contributed by atoms with Gasteiger partial charge in [0.25, 0.3) is 5.91 Å². The Kier molecular flexibility index (Phi) is 4.08. The number of halogens is 1. The summed E-state index contributed by atoms with van der Waals surface area (Å²) in [6, 6.07) is 5.18. The van der Waals surface area contributed by atoms with Gasteiger partial charge in [0.1, 0.15) is 11.4 Å². The summed E-state index contributed by atoms with van der Waals surface area (Å²) < 4.78 is 6.11. The Balaban J connectivity index is 2.30. The van der Waals surface area contributed by atoms with Gasteiger partial charge in [-0.15, -0.1) is 0 Å². The zero-order valence-corrected chi connectivity index (χ0v) is 12.7. The molecule has 0 radical (unpaired) electrons. The Labute approximate surface area is 124 Å². The van der Waals surface area contributed by atoms with E-state index in [1.54, 1.807) is 20.1 Å². The molecule has 0 atom stereocenters. The Bertz CT molecular complexity index is 569. The fourth-order valence-corrected chi connectivity index (χ4v) is 2.56. The van der Waals surface area contributed by atoms with Crippen molar-refractivity contribution in [1.29, 1.82) is 0 Å². The Morgan fingerprint density at radius 3 is 2.68 bits per heavy atom. The van der Waals surface area contributed by atoms with E-state index in [9.17, 15) is 9.59 Å². The van der Waals surface area contributed by atoms with Gasteiger partial charge in [-0.05, 0) is 53.3 Å². The van der Waals surface area contributed by atoms with E-state index >= 15 is 0 Å². The minimum atomic E-state index is -0.373. The number of ether oxygens (including phenoxy) is 1. The van der Waals surface area contributed by atoms with Crippen LogP contribution in [0.3, 0.4) is 0 Å². The first-order chi connectivity index (χ1) is 9.06. The summed E-state index contributed by atoms with van der Waals surface area (Å²) in [5.41, 5.74) is 1.14. The van der Waals surface area contributed by atoms with E-state index in [0.29, 0.717) is 12.2 Å². The number of imide groups is 1. The van der Waals surface area contributed by atoms with E-state index in [2.05, 4.69) is 27.9 Å². The summed E-state index contributed by atoms with van der Waals surface area (Å²) in [5, 5.41) is 2.57. The molecular formula is C13H13IN2O3. The Hall–Kier alpha value is -1.57. The number of likely N-dealkylation sites (N-methyl/N-ethyl adjacent to an activating group) is 1.